The number of carbonyl (C=O) groups is 2. The van der Waals surface area contributed by atoms with Crippen LogP contribution >= 0.6 is 0 Å². The zero-order valence-corrected chi connectivity index (χ0v) is 20.8. The van der Waals surface area contributed by atoms with E-state index < -0.39 is 17.8 Å². The fourth-order valence-corrected chi connectivity index (χ4v) is 4.84. The Morgan fingerprint density at radius 3 is 2.43 bits per heavy atom. The highest BCUT2D eigenvalue weighted by atomic mass is 19.1. The summed E-state index contributed by atoms with van der Waals surface area (Å²) in [4.78, 5) is 29.0. The number of halogens is 1. The van der Waals surface area contributed by atoms with Gasteiger partial charge < -0.3 is 10.2 Å². The van der Waals surface area contributed by atoms with Crippen LogP contribution in [0.3, 0.4) is 0 Å². The monoisotopic (exact) mass is 472 g/mol. The number of nitrogens with one attached hydrogen (secondary N) is 1. The van der Waals surface area contributed by atoms with Crippen molar-refractivity contribution in [1.29, 1.82) is 0 Å². The van der Waals surface area contributed by atoms with Gasteiger partial charge in [-0.05, 0) is 66.1 Å². The number of piperidine rings is 1. The van der Waals surface area contributed by atoms with Crippen molar-refractivity contribution in [2.24, 2.45) is 5.92 Å². The molecular formula is C30H33FN2O2. The summed E-state index contributed by atoms with van der Waals surface area (Å²) in [5, 5.41) is 3.11. The molecule has 2 atom stereocenters. The highest BCUT2D eigenvalue weighted by Gasteiger charge is 2.40. The second-order valence-corrected chi connectivity index (χ2v) is 10.4. The van der Waals surface area contributed by atoms with Gasteiger partial charge in [0.1, 0.15) is 5.82 Å². The number of hydrogen-bond acceptors (Lipinski definition) is 2. The van der Waals surface area contributed by atoms with E-state index in [1.54, 1.807) is 17.9 Å². The molecule has 4 rings (SSSR count). The highest BCUT2D eigenvalue weighted by Crippen LogP contribution is 2.38. The van der Waals surface area contributed by atoms with E-state index in [0.29, 0.717) is 30.5 Å². The lowest BCUT2D eigenvalue weighted by atomic mass is 9.83. The van der Waals surface area contributed by atoms with E-state index in [1.807, 2.05) is 48.5 Å². The van der Waals surface area contributed by atoms with Gasteiger partial charge in [-0.25, -0.2) is 4.39 Å². The Kier molecular flexibility index (Phi) is 7.06. The van der Waals surface area contributed by atoms with Gasteiger partial charge in [0.05, 0.1) is 12.0 Å². The molecule has 1 aliphatic heterocycles. The fraction of sp³-hybridized carbons (Fsp3) is 0.333. The van der Waals surface area contributed by atoms with Crippen molar-refractivity contribution < 1.29 is 14.0 Å². The Labute approximate surface area is 207 Å². The summed E-state index contributed by atoms with van der Waals surface area (Å²) in [6, 6.07) is 21.4. The molecule has 3 aromatic rings. The quantitative estimate of drug-likeness (QED) is 0.461. The van der Waals surface area contributed by atoms with E-state index in [4.69, 9.17) is 0 Å². The highest BCUT2D eigenvalue weighted by molar-refractivity contribution is 5.98. The molecule has 5 heteroatoms. The number of amides is 2. The number of aryl methyl sites for hydroxylation is 1. The van der Waals surface area contributed by atoms with Crippen molar-refractivity contribution in [3.05, 3.63) is 101 Å². The molecule has 0 saturated carbocycles. The van der Waals surface area contributed by atoms with Gasteiger partial charge in [-0.15, -0.1) is 0 Å². The van der Waals surface area contributed by atoms with Gasteiger partial charge in [0.15, 0.2) is 0 Å². The van der Waals surface area contributed by atoms with E-state index in [1.165, 1.54) is 12.1 Å². The van der Waals surface area contributed by atoms with Crippen LogP contribution < -0.4 is 5.32 Å². The Bertz CT molecular complexity index is 1220. The smallest absolute Gasteiger partial charge is 0.254 e. The summed E-state index contributed by atoms with van der Waals surface area (Å²) < 4.78 is 14.0. The van der Waals surface area contributed by atoms with Gasteiger partial charge in [-0.3, -0.25) is 9.59 Å². The first-order chi connectivity index (χ1) is 16.6. The number of carbonyl (C=O) groups excluding carboxylic acids is 2. The normalized spacial score (nSPS) is 18.3. The number of nitrogens with zero attached hydrogens (tertiary/aromatic N) is 1. The molecule has 35 heavy (non-hydrogen) atoms. The maximum absolute atomic E-state index is 14.0. The van der Waals surface area contributed by atoms with Crippen molar-refractivity contribution in [3.8, 4) is 0 Å². The van der Waals surface area contributed by atoms with Crippen molar-refractivity contribution in [2.75, 3.05) is 11.9 Å². The molecule has 0 aliphatic carbocycles. The summed E-state index contributed by atoms with van der Waals surface area (Å²) in [5.41, 5.74) is 3.80. The third-order valence-corrected chi connectivity index (χ3v) is 6.80. The van der Waals surface area contributed by atoms with Crippen LogP contribution in [-0.2, 0) is 10.2 Å². The molecule has 0 unspecified atom stereocenters. The van der Waals surface area contributed by atoms with Gasteiger partial charge in [-0.1, -0.05) is 69.3 Å². The minimum absolute atomic E-state index is 0.0375. The van der Waals surface area contributed by atoms with Gasteiger partial charge in [0, 0.05) is 17.8 Å². The molecule has 1 fully saturated rings. The van der Waals surface area contributed by atoms with Crippen LogP contribution in [0.4, 0.5) is 10.1 Å². The molecule has 2 amide bonds. The Morgan fingerprint density at radius 2 is 1.71 bits per heavy atom. The maximum Gasteiger partial charge on any atom is 0.254 e. The molecule has 0 spiro atoms. The van der Waals surface area contributed by atoms with Crippen LogP contribution in [0.1, 0.15) is 66.7 Å². The van der Waals surface area contributed by atoms with Gasteiger partial charge in [-0.2, -0.15) is 0 Å². The first-order valence-electron chi connectivity index (χ1n) is 12.2. The fourth-order valence-electron chi connectivity index (χ4n) is 4.84. The number of benzene rings is 3. The van der Waals surface area contributed by atoms with Crippen LogP contribution in [0.15, 0.2) is 72.8 Å². The van der Waals surface area contributed by atoms with E-state index in [2.05, 4.69) is 32.2 Å². The molecule has 1 aliphatic rings. The molecule has 4 nitrogen and oxygen atoms in total. The summed E-state index contributed by atoms with van der Waals surface area (Å²) >= 11 is 0. The molecular weight excluding hydrogens is 439 g/mol. The van der Waals surface area contributed by atoms with Crippen LogP contribution in [0, 0.1) is 18.7 Å². The third-order valence-electron chi connectivity index (χ3n) is 6.80. The van der Waals surface area contributed by atoms with Crippen LogP contribution in [0.25, 0.3) is 0 Å². The minimum Gasteiger partial charge on any atom is -0.331 e. The van der Waals surface area contributed by atoms with Crippen molar-refractivity contribution in [3.63, 3.8) is 0 Å². The van der Waals surface area contributed by atoms with E-state index in [0.717, 1.165) is 16.8 Å². The molecule has 3 aromatic carbocycles. The largest absolute Gasteiger partial charge is 0.331 e. The predicted molar refractivity (Wildman–Crippen MR) is 138 cm³/mol. The Balaban J connectivity index is 1.68. The molecule has 0 aromatic heterocycles. The number of hydrogen-bond donors (Lipinski definition) is 1. The SMILES string of the molecule is Cc1ccc(F)cc1C(=O)N1CCC[C@H](C(=O)Nc2cccc(C(C)(C)C)c2)[C@@H]1c1ccccc1. The first kappa shape index (κ1) is 24.6. The lowest BCUT2D eigenvalue weighted by Crippen LogP contribution is -2.46. The number of anilines is 1. The minimum atomic E-state index is -0.444. The Hall–Kier alpha value is -3.47. The van der Waals surface area contributed by atoms with Crippen molar-refractivity contribution >= 4 is 17.5 Å². The second kappa shape index (κ2) is 10.0. The number of rotatable bonds is 4. The summed E-state index contributed by atoms with van der Waals surface area (Å²) in [7, 11) is 0. The van der Waals surface area contributed by atoms with Crippen molar-refractivity contribution in [2.45, 2.75) is 52.0 Å². The lowest BCUT2D eigenvalue weighted by Gasteiger charge is -2.41. The standard InChI is InChI=1S/C30H33FN2O2/c1-20-15-16-23(31)19-26(20)29(35)33-17-9-14-25(27(33)21-10-6-5-7-11-21)28(34)32-24-13-8-12-22(18-24)30(2,3)4/h5-8,10-13,15-16,18-19,25,27H,9,14,17H2,1-4H3,(H,32,34)/t25-,27-/m0/s1. The molecule has 1 N–H and O–H groups in total. The van der Waals surface area contributed by atoms with E-state index in [9.17, 15) is 14.0 Å². The van der Waals surface area contributed by atoms with Crippen LogP contribution in [0.5, 0.6) is 0 Å². The zero-order chi connectivity index (χ0) is 25.2. The molecule has 182 valence electrons. The Morgan fingerprint density at radius 1 is 0.971 bits per heavy atom. The molecule has 0 radical (unpaired) electrons. The third kappa shape index (κ3) is 5.45. The average molecular weight is 473 g/mol. The second-order valence-electron chi connectivity index (χ2n) is 10.4. The first-order valence-corrected chi connectivity index (χ1v) is 12.2. The summed E-state index contributed by atoms with van der Waals surface area (Å²) in [6.45, 7) is 8.73. The number of likely N-dealkylation sites (tertiary alicyclic amines) is 1. The zero-order valence-electron chi connectivity index (χ0n) is 20.8. The predicted octanol–water partition coefficient (Wildman–Crippen LogP) is 6.66. The molecule has 1 saturated heterocycles. The lowest BCUT2D eigenvalue weighted by molar-refractivity contribution is -0.123. The van der Waals surface area contributed by atoms with E-state index >= 15 is 0 Å². The van der Waals surface area contributed by atoms with Crippen molar-refractivity contribution in [1.82, 2.24) is 4.90 Å². The maximum atomic E-state index is 14.0. The summed E-state index contributed by atoms with van der Waals surface area (Å²) in [5.74, 6) is -1.23. The van der Waals surface area contributed by atoms with E-state index in [-0.39, 0.29) is 17.2 Å². The van der Waals surface area contributed by atoms with Crippen LogP contribution in [-0.4, -0.2) is 23.3 Å². The van der Waals surface area contributed by atoms with Gasteiger partial charge in [0.2, 0.25) is 5.91 Å². The van der Waals surface area contributed by atoms with Gasteiger partial charge >= 0.3 is 0 Å². The van der Waals surface area contributed by atoms with Crippen LogP contribution in [0.2, 0.25) is 0 Å². The molecule has 0 bridgehead atoms. The summed E-state index contributed by atoms with van der Waals surface area (Å²) in [6.07, 6.45) is 1.36. The average Bonchev–Trinajstić information content (AvgIpc) is 2.84. The van der Waals surface area contributed by atoms with Gasteiger partial charge in [0.25, 0.3) is 5.91 Å². The topological polar surface area (TPSA) is 49.4 Å². The molecule has 1 heterocycles.